The molecule has 90 valence electrons. The Bertz CT molecular complexity index is 608. The molecule has 0 radical (unpaired) electrons. The lowest BCUT2D eigenvalue weighted by atomic mass is 10.2. The largest absolute Gasteiger partial charge is 0.486 e. The summed E-state index contributed by atoms with van der Waals surface area (Å²) >= 11 is 0. The van der Waals surface area contributed by atoms with E-state index >= 15 is 0 Å². The van der Waals surface area contributed by atoms with Gasteiger partial charge in [0.2, 0.25) is 0 Å². The summed E-state index contributed by atoms with van der Waals surface area (Å²) < 4.78 is 31.3. The Labute approximate surface area is 102 Å². The number of pyridine rings is 1. The Hall–Kier alpha value is -2.48. The minimum Gasteiger partial charge on any atom is -0.486 e. The summed E-state index contributed by atoms with van der Waals surface area (Å²) in [6.45, 7) is -0.0445. The molecule has 0 unspecified atom stereocenters. The zero-order valence-corrected chi connectivity index (χ0v) is 9.23. The van der Waals surface area contributed by atoms with Crippen LogP contribution in [0.1, 0.15) is 11.3 Å². The fourth-order valence-electron chi connectivity index (χ4n) is 1.40. The summed E-state index contributed by atoms with van der Waals surface area (Å²) in [6.07, 6.45) is 1.48. The van der Waals surface area contributed by atoms with Gasteiger partial charge in [-0.05, 0) is 18.2 Å². The third-order valence-electron chi connectivity index (χ3n) is 2.27. The molecule has 0 bridgehead atoms. The molecule has 18 heavy (non-hydrogen) atoms. The maximum atomic E-state index is 13.3. The Kier molecular flexibility index (Phi) is 3.49. The monoisotopic (exact) mass is 246 g/mol. The van der Waals surface area contributed by atoms with Gasteiger partial charge in [-0.2, -0.15) is 5.26 Å². The van der Waals surface area contributed by atoms with Gasteiger partial charge in [-0.1, -0.05) is 6.07 Å². The predicted octanol–water partition coefficient (Wildman–Crippen LogP) is 2.81. The Morgan fingerprint density at radius 3 is 2.89 bits per heavy atom. The molecule has 0 spiro atoms. The molecule has 0 N–H and O–H groups in total. The van der Waals surface area contributed by atoms with Gasteiger partial charge >= 0.3 is 0 Å². The van der Waals surface area contributed by atoms with Crippen LogP contribution in [0.25, 0.3) is 0 Å². The van der Waals surface area contributed by atoms with Crippen LogP contribution in [-0.2, 0) is 6.61 Å². The normalized spacial score (nSPS) is 9.83. The molecule has 0 atom stereocenters. The van der Waals surface area contributed by atoms with Gasteiger partial charge in [0.1, 0.15) is 24.2 Å². The highest BCUT2D eigenvalue weighted by Crippen LogP contribution is 2.19. The van der Waals surface area contributed by atoms with Gasteiger partial charge in [0.25, 0.3) is 0 Å². The second-order valence-corrected chi connectivity index (χ2v) is 3.49. The van der Waals surface area contributed by atoms with Crippen LogP contribution in [0.15, 0.2) is 36.5 Å². The molecular formula is C13H8F2N2O. The van der Waals surface area contributed by atoms with Crippen LogP contribution in [-0.4, -0.2) is 4.98 Å². The second-order valence-electron chi connectivity index (χ2n) is 3.49. The SMILES string of the molecule is N#Cc1ncccc1COc1cc(F)ccc1F. The number of halogens is 2. The number of aromatic nitrogens is 1. The second kappa shape index (κ2) is 5.23. The maximum absolute atomic E-state index is 13.3. The molecular weight excluding hydrogens is 238 g/mol. The summed E-state index contributed by atoms with van der Waals surface area (Å²) in [5, 5.41) is 8.81. The standard InChI is InChI=1S/C13H8F2N2O/c14-10-3-4-11(15)13(6-10)18-8-9-2-1-5-17-12(9)7-16/h1-6H,8H2. The summed E-state index contributed by atoms with van der Waals surface area (Å²) in [5.74, 6) is -1.43. The zero-order chi connectivity index (χ0) is 13.0. The van der Waals surface area contributed by atoms with Crippen LogP contribution >= 0.6 is 0 Å². The van der Waals surface area contributed by atoms with Crippen molar-refractivity contribution in [2.45, 2.75) is 6.61 Å². The third kappa shape index (κ3) is 2.61. The van der Waals surface area contributed by atoms with Crippen molar-refractivity contribution in [2.24, 2.45) is 0 Å². The molecule has 0 saturated carbocycles. The van der Waals surface area contributed by atoms with Crippen LogP contribution in [0, 0.1) is 23.0 Å². The van der Waals surface area contributed by atoms with Crippen molar-refractivity contribution in [3.05, 3.63) is 59.4 Å². The van der Waals surface area contributed by atoms with E-state index in [1.807, 2.05) is 6.07 Å². The number of nitrogens with zero attached hydrogens (tertiary/aromatic N) is 2. The summed E-state index contributed by atoms with van der Waals surface area (Å²) in [7, 11) is 0. The van der Waals surface area contributed by atoms with E-state index in [9.17, 15) is 8.78 Å². The average Bonchev–Trinajstić information content (AvgIpc) is 2.40. The lowest BCUT2D eigenvalue weighted by Crippen LogP contribution is -2.01. The zero-order valence-electron chi connectivity index (χ0n) is 9.23. The molecule has 0 fully saturated rings. The predicted molar refractivity (Wildman–Crippen MR) is 59.6 cm³/mol. The highest BCUT2D eigenvalue weighted by molar-refractivity contribution is 5.31. The molecule has 0 saturated heterocycles. The number of nitriles is 1. The molecule has 0 aliphatic carbocycles. The first-order valence-corrected chi connectivity index (χ1v) is 5.12. The van der Waals surface area contributed by atoms with E-state index in [1.54, 1.807) is 12.1 Å². The smallest absolute Gasteiger partial charge is 0.165 e. The number of hydrogen-bond donors (Lipinski definition) is 0. The molecule has 0 aliphatic rings. The van der Waals surface area contributed by atoms with Crippen LogP contribution in [0.2, 0.25) is 0 Å². The number of rotatable bonds is 3. The van der Waals surface area contributed by atoms with Crippen molar-refractivity contribution in [3.63, 3.8) is 0 Å². The highest BCUT2D eigenvalue weighted by Gasteiger charge is 2.07. The molecule has 3 nitrogen and oxygen atoms in total. The summed E-state index contributed by atoms with van der Waals surface area (Å²) in [5.41, 5.74) is 0.720. The summed E-state index contributed by atoms with van der Waals surface area (Å²) in [4.78, 5) is 3.84. The van der Waals surface area contributed by atoms with Crippen molar-refractivity contribution < 1.29 is 13.5 Å². The first-order chi connectivity index (χ1) is 8.70. The first-order valence-electron chi connectivity index (χ1n) is 5.12. The lowest BCUT2D eigenvalue weighted by Gasteiger charge is -2.07. The van der Waals surface area contributed by atoms with Gasteiger partial charge in [-0.3, -0.25) is 0 Å². The quantitative estimate of drug-likeness (QED) is 0.836. The van der Waals surface area contributed by atoms with Crippen LogP contribution < -0.4 is 4.74 Å². The topological polar surface area (TPSA) is 45.9 Å². The number of hydrogen-bond acceptors (Lipinski definition) is 3. The van der Waals surface area contributed by atoms with E-state index in [-0.39, 0.29) is 18.1 Å². The molecule has 0 aliphatic heterocycles. The van der Waals surface area contributed by atoms with Gasteiger partial charge in [0.05, 0.1) is 0 Å². The molecule has 5 heteroatoms. The van der Waals surface area contributed by atoms with E-state index in [1.165, 1.54) is 6.20 Å². The van der Waals surface area contributed by atoms with Gasteiger partial charge in [-0.25, -0.2) is 13.8 Å². The Balaban J connectivity index is 2.17. The minimum atomic E-state index is -0.654. The van der Waals surface area contributed by atoms with E-state index in [0.717, 1.165) is 18.2 Å². The third-order valence-corrected chi connectivity index (χ3v) is 2.27. The van der Waals surface area contributed by atoms with E-state index in [0.29, 0.717) is 5.56 Å². The van der Waals surface area contributed by atoms with Crippen molar-refractivity contribution in [1.29, 1.82) is 5.26 Å². The van der Waals surface area contributed by atoms with Gasteiger partial charge < -0.3 is 4.74 Å². The van der Waals surface area contributed by atoms with Gasteiger partial charge in [0, 0.05) is 17.8 Å². The molecule has 0 amide bonds. The molecule has 1 aromatic heterocycles. The lowest BCUT2D eigenvalue weighted by molar-refractivity contribution is 0.287. The Morgan fingerprint density at radius 2 is 2.11 bits per heavy atom. The first kappa shape index (κ1) is 12.0. The van der Waals surface area contributed by atoms with Crippen molar-refractivity contribution in [1.82, 2.24) is 4.98 Å². The van der Waals surface area contributed by atoms with Crippen molar-refractivity contribution in [3.8, 4) is 11.8 Å². The van der Waals surface area contributed by atoms with Crippen LogP contribution in [0.5, 0.6) is 5.75 Å². The molecule has 1 aromatic carbocycles. The van der Waals surface area contributed by atoms with Crippen molar-refractivity contribution in [2.75, 3.05) is 0 Å². The van der Waals surface area contributed by atoms with Crippen molar-refractivity contribution >= 4 is 0 Å². The average molecular weight is 246 g/mol. The number of ether oxygens (including phenoxy) is 1. The minimum absolute atomic E-state index is 0.0445. The van der Waals surface area contributed by atoms with E-state index in [2.05, 4.69) is 4.98 Å². The fourth-order valence-corrected chi connectivity index (χ4v) is 1.40. The van der Waals surface area contributed by atoms with E-state index in [4.69, 9.17) is 10.00 Å². The maximum Gasteiger partial charge on any atom is 0.165 e. The van der Waals surface area contributed by atoms with Crippen LogP contribution in [0.3, 0.4) is 0 Å². The Morgan fingerprint density at radius 1 is 1.28 bits per heavy atom. The molecule has 2 aromatic rings. The summed E-state index contributed by atoms with van der Waals surface area (Å²) in [6, 6.07) is 8.13. The molecule has 2 rings (SSSR count). The highest BCUT2D eigenvalue weighted by atomic mass is 19.1. The fraction of sp³-hybridized carbons (Fsp3) is 0.0769. The van der Waals surface area contributed by atoms with Gasteiger partial charge in [-0.15, -0.1) is 0 Å². The van der Waals surface area contributed by atoms with Gasteiger partial charge in [0.15, 0.2) is 11.6 Å². The van der Waals surface area contributed by atoms with Crippen LogP contribution in [0.4, 0.5) is 8.78 Å². The number of benzene rings is 1. The molecule has 1 heterocycles. The van der Waals surface area contributed by atoms with E-state index < -0.39 is 11.6 Å².